The van der Waals surface area contributed by atoms with E-state index in [-0.39, 0.29) is 5.91 Å². The Hall–Kier alpha value is -2.68. The molecule has 3 heteroatoms. The highest BCUT2D eigenvalue weighted by Gasteiger charge is 2.07. The highest BCUT2D eigenvalue weighted by Crippen LogP contribution is 2.14. The van der Waals surface area contributed by atoms with Crippen LogP contribution in [0.5, 0.6) is 0 Å². The van der Waals surface area contributed by atoms with Crippen LogP contribution in [0.4, 0.5) is 5.69 Å². The van der Waals surface area contributed by atoms with Gasteiger partial charge >= 0.3 is 0 Å². The van der Waals surface area contributed by atoms with E-state index in [0.717, 1.165) is 16.5 Å². The molecular weight excluding hydrogens is 236 g/mol. The van der Waals surface area contributed by atoms with E-state index in [9.17, 15) is 4.79 Å². The summed E-state index contributed by atoms with van der Waals surface area (Å²) < 4.78 is 0. The molecule has 0 bridgehead atoms. The average molecular weight is 248 g/mol. The van der Waals surface area contributed by atoms with Crippen LogP contribution in [0.15, 0.2) is 66.9 Å². The zero-order valence-electron chi connectivity index (χ0n) is 10.2. The van der Waals surface area contributed by atoms with Crippen LogP contribution in [0, 0.1) is 0 Å². The van der Waals surface area contributed by atoms with Crippen LogP contribution < -0.4 is 5.32 Å². The molecule has 0 spiro atoms. The zero-order chi connectivity index (χ0) is 13.1. The normalized spacial score (nSPS) is 10.3. The van der Waals surface area contributed by atoms with Crippen molar-refractivity contribution in [2.45, 2.75) is 0 Å². The third kappa shape index (κ3) is 2.45. The van der Waals surface area contributed by atoms with Gasteiger partial charge in [-0.3, -0.25) is 9.78 Å². The number of hydrogen-bond acceptors (Lipinski definition) is 2. The van der Waals surface area contributed by atoms with Crippen molar-refractivity contribution in [2.75, 3.05) is 5.32 Å². The molecule has 0 aliphatic carbocycles. The molecule has 0 aliphatic rings. The number of benzene rings is 2. The van der Waals surface area contributed by atoms with Gasteiger partial charge in [0.25, 0.3) is 5.91 Å². The maximum atomic E-state index is 12.1. The Morgan fingerprint density at radius 1 is 0.895 bits per heavy atom. The van der Waals surface area contributed by atoms with Gasteiger partial charge in [-0.15, -0.1) is 0 Å². The summed E-state index contributed by atoms with van der Waals surface area (Å²) in [6, 6.07) is 19.0. The van der Waals surface area contributed by atoms with Gasteiger partial charge in [0.05, 0.1) is 0 Å². The van der Waals surface area contributed by atoms with E-state index in [0.29, 0.717) is 5.69 Å². The molecule has 3 nitrogen and oxygen atoms in total. The molecule has 1 N–H and O–H groups in total. The number of carbonyl (C=O) groups is 1. The van der Waals surface area contributed by atoms with Crippen molar-refractivity contribution in [2.24, 2.45) is 0 Å². The number of para-hydroxylation sites is 1. The third-order valence-electron chi connectivity index (χ3n) is 2.90. The van der Waals surface area contributed by atoms with E-state index in [1.807, 2.05) is 54.6 Å². The number of anilines is 1. The first-order valence-electron chi connectivity index (χ1n) is 6.04. The highest BCUT2D eigenvalue weighted by molar-refractivity contribution is 6.04. The molecule has 0 aliphatic heterocycles. The van der Waals surface area contributed by atoms with E-state index >= 15 is 0 Å². The Bertz CT molecular complexity index is 723. The maximum absolute atomic E-state index is 12.1. The van der Waals surface area contributed by atoms with Crippen molar-refractivity contribution < 1.29 is 4.79 Å². The third-order valence-corrected chi connectivity index (χ3v) is 2.90. The van der Waals surface area contributed by atoms with Crippen molar-refractivity contribution in [3.05, 3.63) is 72.6 Å². The summed E-state index contributed by atoms with van der Waals surface area (Å²) in [5.74, 6) is -0.197. The number of nitrogens with zero attached hydrogens (tertiary/aromatic N) is 1. The highest BCUT2D eigenvalue weighted by atomic mass is 16.1. The number of hydrogen-bond donors (Lipinski definition) is 1. The molecule has 0 saturated carbocycles. The maximum Gasteiger partial charge on any atom is 0.274 e. The molecule has 0 radical (unpaired) electrons. The molecule has 0 fully saturated rings. The summed E-state index contributed by atoms with van der Waals surface area (Å²) in [6.45, 7) is 0. The van der Waals surface area contributed by atoms with Crippen LogP contribution in [-0.4, -0.2) is 10.9 Å². The van der Waals surface area contributed by atoms with Crippen molar-refractivity contribution in [1.29, 1.82) is 0 Å². The van der Waals surface area contributed by atoms with Crippen LogP contribution in [0.25, 0.3) is 10.8 Å². The van der Waals surface area contributed by atoms with E-state index in [1.165, 1.54) is 0 Å². The summed E-state index contributed by atoms with van der Waals surface area (Å²) in [4.78, 5) is 16.3. The molecule has 19 heavy (non-hydrogen) atoms. The van der Waals surface area contributed by atoms with Gasteiger partial charge in [-0.1, -0.05) is 42.5 Å². The number of rotatable bonds is 2. The van der Waals surface area contributed by atoms with Crippen molar-refractivity contribution in [3.63, 3.8) is 0 Å². The first-order chi connectivity index (χ1) is 9.33. The van der Waals surface area contributed by atoms with Gasteiger partial charge in [0.1, 0.15) is 5.69 Å². The van der Waals surface area contributed by atoms with Gasteiger partial charge in [0.2, 0.25) is 0 Å². The Kier molecular flexibility index (Phi) is 2.94. The summed E-state index contributed by atoms with van der Waals surface area (Å²) in [5.41, 5.74) is 1.19. The SMILES string of the molecule is O=C(Nc1ccccc1)c1cc2ccccc2cn1. The zero-order valence-corrected chi connectivity index (χ0v) is 10.2. The number of pyridine rings is 1. The van der Waals surface area contributed by atoms with Gasteiger partial charge in [-0.25, -0.2) is 0 Å². The van der Waals surface area contributed by atoms with Gasteiger partial charge in [-0.2, -0.15) is 0 Å². The lowest BCUT2D eigenvalue weighted by Crippen LogP contribution is -2.13. The Morgan fingerprint density at radius 3 is 2.37 bits per heavy atom. The standard InChI is InChI=1S/C16H12N2O/c19-16(18-14-8-2-1-3-9-14)15-10-12-6-4-5-7-13(12)11-17-15/h1-11H,(H,18,19). The predicted octanol–water partition coefficient (Wildman–Crippen LogP) is 3.49. The molecule has 92 valence electrons. The summed E-state index contributed by atoms with van der Waals surface area (Å²) >= 11 is 0. The lowest BCUT2D eigenvalue weighted by molar-refractivity contribution is 0.102. The second kappa shape index (κ2) is 4.90. The summed E-state index contributed by atoms with van der Waals surface area (Å²) in [7, 11) is 0. The van der Waals surface area contributed by atoms with Crippen LogP contribution in [0.1, 0.15) is 10.5 Å². The van der Waals surface area contributed by atoms with Gasteiger partial charge < -0.3 is 5.32 Å². The molecule has 2 aromatic carbocycles. The Morgan fingerprint density at radius 2 is 1.58 bits per heavy atom. The lowest BCUT2D eigenvalue weighted by Gasteiger charge is -2.05. The van der Waals surface area contributed by atoms with Crippen molar-refractivity contribution >= 4 is 22.4 Å². The van der Waals surface area contributed by atoms with E-state index in [1.54, 1.807) is 12.3 Å². The Balaban J connectivity index is 1.89. The molecule has 0 atom stereocenters. The first-order valence-corrected chi connectivity index (χ1v) is 6.04. The molecule has 3 rings (SSSR count). The summed E-state index contributed by atoms with van der Waals surface area (Å²) in [6.07, 6.45) is 1.72. The number of carbonyl (C=O) groups excluding carboxylic acids is 1. The molecule has 0 saturated heterocycles. The number of fused-ring (bicyclic) bond motifs is 1. The fraction of sp³-hybridized carbons (Fsp3) is 0. The Labute approximate surface area is 110 Å². The minimum Gasteiger partial charge on any atom is -0.321 e. The van der Waals surface area contributed by atoms with Crippen LogP contribution >= 0.6 is 0 Å². The molecule has 1 aromatic heterocycles. The van der Waals surface area contributed by atoms with E-state index in [4.69, 9.17) is 0 Å². The molecule has 1 amide bonds. The van der Waals surface area contributed by atoms with Gasteiger partial charge in [-0.05, 0) is 23.6 Å². The van der Waals surface area contributed by atoms with Crippen molar-refractivity contribution in [1.82, 2.24) is 4.98 Å². The monoisotopic (exact) mass is 248 g/mol. The second-order valence-electron chi connectivity index (χ2n) is 4.24. The molecule has 3 aromatic rings. The number of amides is 1. The van der Waals surface area contributed by atoms with Crippen molar-refractivity contribution in [3.8, 4) is 0 Å². The number of nitrogens with one attached hydrogen (secondary N) is 1. The predicted molar refractivity (Wildman–Crippen MR) is 76.1 cm³/mol. The van der Waals surface area contributed by atoms with E-state index in [2.05, 4.69) is 10.3 Å². The molecule has 0 unspecified atom stereocenters. The first kappa shape index (κ1) is 11.4. The van der Waals surface area contributed by atoms with Crippen LogP contribution in [0.3, 0.4) is 0 Å². The van der Waals surface area contributed by atoms with Crippen LogP contribution in [0.2, 0.25) is 0 Å². The topological polar surface area (TPSA) is 42.0 Å². The number of aromatic nitrogens is 1. The molecule has 1 heterocycles. The van der Waals surface area contributed by atoms with Crippen LogP contribution in [-0.2, 0) is 0 Å². The average Bonchev–Trinajstić information content (AvgIpc) is 2.48. The second-order valence-corrected chi connectivity index (χ2v) is 4.24. The fourth-order valence-corrected chi connectivity index (χ4v) is 1.92. The lowest BCUT2D eigenvalue weighted by atomic mass is 10.1. The van der Waals surface area contributed by atoms with Gasteiger partial charge in [0, 0.05) is 17.3 Å². The largest absolute Gasteiger partial charge is 0.321 e. The summed E-state index contributed by atoms with van der Waals surface area (Å²) in [5, 5.41) is 4.86. The molecular formula is C16H12N2O. The quantitative estimate of drug-likeness (QED) is 0.754. The smallest absolute Gasteiger partial charge is 0.274 e. The minimum atomic E-state index is -0.197. The van der Waals surface area contributed by atoms with E-state index < -0.39 is 0 Å². The van der Waals surface area contributed by atoms with Gasteiger partial charge in [0.15, 0.2) is 0 Å². The minimum absolute atomic E-state index is 0.197. The fourth-order valence-electron chi connectivity index (χ4n) is 1.92.